The Morgan fingerprint density at radius 1 is 1.64 bits per heavy atom. The molecule has 0 atom stereocenters. The summed E-state index contributed by atoms with van der Waals surface area (Å²) in [7, 11) is 0. The zero-order chi connectivity index (χ0) is 8.69. The Hall–Kier alpha value is -0.990. The van der Waals surface area contributed by atoms with Crippen molar-refractivity contribution in [3.8, 4) is 0 Å². The highest BCUT2D eigenvalue weighted by Gasteiger charge is 1.96. The van der Waals surface area contributed by atoms with E-state index >= 15 is 0 Å². The van der Waals surface area contributed by atoms with Crippen molar-refractivity contribution in [2.24, 2.45) is 0 Å². The van der Waals surface area contributed by atoms with E-state index in [2.05, 4.69) is 12.2 Å². The van der Waals surface area contributed by atoms with Crippen LogP contribution in [0, 0.1) is 0 Å². The van der Waals surface area contributed by atoms with Crippen LogP contribution in [0.3, 0.4) is 0 Å². The first-order valence-corrected chi connectivity index (χ1v) is 3.82. The molecule has 0 bridgehead atoms. The molecule has 0 saturated carbocycles. The van der Waals surface area contributed by atoms with E-state index in [0.29, 0.717) is 5.57 Å². The Bertz CT molecular complexity index is 152. The van der Waals surface area contributed by atoms with E-state index in [4.69, 9.17) is 5.11 Å². The number of carbonyl (C=O) groups is 1. The first-order valence-electron chi connectivity index (χ1n) is 3.82. The van der Waals surface area contributed by atoms with Gasteiger partial charge in [0.2, 0.25) is 0 Å². The highest BCUT2D eigenvalue weighted by molar-refractivity contribution is 5.85. The van der Waals surface area contributed by atoms with Gasteiger partial charge < -0.3 is 10.4 Å². The monoisotopic (exact) mass is 157 g/mol. The summed E-state index contributed by atoms with van der Waals surface area (Å²) in [4.78, 5) is 10.3. The van der Waals surface area contributed by atoms with Crippen LogP contribution in [-0.4, -0.2) is 17.6 Å². The molecule has 0 heterocycles. The molecule has 0 aromatic heterocycles. The molecule has 0 aliphatic rings. The van der Waals surface area contributed by atoms with Crippen molar-refractivity contribution < 1.29 is 9.90 Å². The van der Waals surface area contributed by atoms with Gasteiger partial charge in [-0.15, -0.1) is 0 Å². The van der Waals surface area contributed by atoms with E-state index in [1.54, 1.807) is 6.92 Å². The summed E-state index contributed by atoms with van der Waals surface area (Å²) in [6, 6.07) is 0. The molecule has 2 N–H and O–H groups in total. The van der Waals surface area contributed by atoms with Crippen LogP contribution in [0.15, 0.2) is 11.8 Å². The Morgan fingerprint density at radius 3 is 2.73 bits per heavy atom. The van der Waals surface area contributed by atoms with E-state index in [0.717, 1.165) is 19.4 Å². The SMILES string of the molecule is CCCCN/C=C(\C)C(=O)O. The molecule has 11 heavy (non-hydrogen) atoms. The van der Waals surface area contributed by atoms with Crippen molar-refractivity contribution in [2.75, 3.05) is 6.54 Å². The minimum atomic E-state index is -0.867. The first-order chi connectivity index (χ1) is 5.18. The standard InChI is InChI=1S/C8H15NO2/c1-3-4-5-9-6-7(2)8(10)11/h6,9H,3-5H2,1-2H3,(H,10,11)/b7-6+. The highest BCUT2D eigenvalue weighted by Crippen LogP contribution is 1.89. The van der Waals surface area contributed by atoms with Gasteiger partial charge in [0.25, 0.3) is 0 Å². The van der Waals surface area contributed by atoms with E-state index in [9.17, 15) is 4.79 Å². The van der Waals surface area contributed by atoms with Crippen molar-refractivity contribution in [3.05, 3.63) is 11.8 Å². The molecular weight excluding hydrogens is 142 g/mol. The lowest BCUT2D eigenvalue weighted by Gasteiger charge is -1.98. The Morgan fingerprint density at radius 2 is 2.27 bits per heavy atom. The number of hydrogen-bond donors (Lipinski definition) is 2. The van der Waals surface area contributed by atoms with Crippen molar-refractivity contribution >= 4 is 5.97 Å². The third kappa shape index (κ3) is 5.45. The van der Waals surface area contributed by atoms with Gasteiger partial charge in [-0.1, -0.05) is 13.3 Å². The van der Waals surface area contributed by atoms with Gasteiger partial charge in [0.05, 0.1) is 0 Å². The minimum absolute atomic E-state index is 0.348. The molecule has 64 valence electrons. The van der Waals surface area contributed by atoms with Crippen molar-refractivity contribution in [3.63, 3.8) is 0 Å². The number of rotatable bonds is 5. The number of hydrogen-bond acceptors (Lipinski definition) is 2. The number of unbranched alkanes of at least 4 members (excludes halogenated alkanes) is 1. The van der Waals surface area contributed by atoms with E-state index in [-0.39, 0.29) is 0 Å². The smallest absolute Gasteiger partial charge is 0.332 e. The van der Waals surface area contributed by atoms with Crippen LogP contribution >= 0.6 is 0 Å². The van der Waals surface area contributed by atoms with Crippen molar-refractivity contribution in [1.29, 1.82) is 0 Å². The van der Waals surface area contributed by atoms with Crippen LogP contribution in [0.5, 0.6) is 0 Å². The topological polar surface area (TPSA) is 49.3 Å². The second kappa shape index (κ2) is 5.77. The summed E-state index contributed by atoms with van der Waals surface area (Å²) in [5.74, 6) is -0.867. The third-order valence-electron chi connectivity index (χ3n) is 1.33. The molecule has 0 spiro atoms. The minimum Gasteiger partial charge on any atom is -0.478 e. The number of nitrogens with one attached hydrogen (secondary N) is 1. The average Bonchev–Trinajstić information content (AvgIpc) is 1.97. The van der Waals surface area contributed by atoms with Gasteiger partial charge in [0.1, 0.15) is 0 Å². The zero-order valence-electron chi connectivity index (χ0n) is 7.05. The molecule has 0 amide bonds. The molecule has 0 aromatic carbocycles. The summed E-state index contributed by atoms with van der Waals surface area (Å²) in [5.41, 5.74) is 0.348. The lowest BCUT2D eigenvalue weighted by atomic mass is 10.3. The predicted octanol–water partition coefficient (Wildman–Crippen LogP) is 1.36. The lowest BCUT2D eigenvalue weighted by Crippen LogP contribution is -2.09. The number of carboxylic acid groups (broad SMARTS) is 1. The fourth-order valence-electron chi connectivity index (χ4n) is 0.566. The molecule has 0 saturated heterocycles. The van der Waals surface area contributed by atoms with E-state index < -0.39 is 5.97 Å². The summed E-state index contributed by atoms with van der Waals surface area (Å²) >= 11 is 0. The van der Waals surface area contributed by atoms with Crippen LogP contribution in [0.2, 0.25) is 0 Å². The van der Waals surface area contributed by atoms with Crippen LogP contribution in [0.25, 0.3) is 0 Å². The van der Waals surface area contributed by atoms with Gasteiger partial charge in [-0.2, -0.15) is 0 Å². The summed E-state index contributed by atoms with van der Waals surface area (Å²) < 4.78 is 0. The van der Waals surface area contributed by atoms with E-state index in [1.807, 2.05) is 0 Å². The fourth-order valence-corrected chi connectivity index (χ4v) is 0.566. The maximum Gasteiger partial charge on any atom is 0.332 e. The Kier molecular flexibility index (Phi) is 5.25. The summed E-state index contributed by atoms with van der Waals surface area (Å²) in [6.07, 6.45) is 3.73. The van der Waals surface area contributed by atoms with Crippen LogP contribution in [0.1, 0.15) is 26.7 Å². The summed E-state index contributed by atoms with van der Waals surface area (Å²) in [5, 5.41) is 11.4. The van der Waals surface area contributed by atoms with Gasteiger partial charge in [0.15, 0.2) is 0 Å². The largest absolute Gasteiger partial charge is 0.478 e. The quantitative estimate of drug-likeness (QED) is 0.468. The van der Waals surface area contributed by atoms with Gasteiger partial charge in [0, 0.05) is 18.3 Å². The molecular formula is C8H15NO2. The molecule has 0 fully saturated rings. The van der Waals surface area contributed by atoms with Crippen molar-refractivity contribution in [1.82, 2.24) is 5.32 Å². The first kappa shape index (κ1) is 10.0. The summed E-state index contributed by atoms with van der Waals surface area (Å²) in [6.45, 7) is 4.51. The number of aliphatic carboxylic acids is 1. The third-order valence-corrected chi connectivity index (χ3v) is 1.33. The normalized spacial score (nSPS) is 11.3. The van der Waals surface area contributed by atoms with E-state index in [1.165, 1.54) is 6.20 Å². The maximum absolute atomic E-state index is 10.3. The number of carboxylic acids is 1. The van der Waals surface area contributed by atoms with Gasteiger partial charge >= 0.3 is 5.97 Å². The van der Waals surface area contributed by atoms with Crippen LogP contribution in [-0.2, 0) is 4.79 Å². The Balaban J connectivity index is 3.48. The highest BCUT2D eigenvalue weighted by atomic mass is 16.4. The average molecular weight is 157 g/mol. The molecule has 0 unspecified atom stereocenters. The Labute approximate surface area is 67.1 Å². The molecule has 0 rings (SSSR count). The second-order valence-corrected chi connectivity index (χ2v) is 2.44. The molecule has 0 radical (unpaired) electrons. The van der Waals surface area contributed by atoms with Gasteiger partial charge in [-0.25, -0.2) is 4.79 Å². The lowest BCUT2D eigenvalue weighted by molar-refractivity contribution is -0.132. The van der Waals surface area contributed by atoms with Crippen LogP contribution < -0.4 is 5.32 Å². The van der Waals surface area contributed by atoms with Crippen molar-refractivity contribution in [2.45, 2.75) is 26.7 Å². The molecule has 3 heteroatoms. The molecule has 0 aliphatic heterocycles. The fraction of sp³-hybridized carbons (Fsp3) is 0.625. The zero-order valence-corrected chi connectivity index (χ0v) is 7.05. The second-order valence-electron chi connectivity index (χ2n) is 2.44. The molecule has 3 nitrogen and oxygen atoms in total. The maximum atomic E-state index is 10.3. The molecule has 0 aliphatic carbocycles. The molecule has 0 aromatic rings. The van der Waals surface area contributed by atoms with Gasteiger partial charge in [-0.05, 0) is 13.3 Å². The predicted molar refractivity (Wildman–Crippen MR) is 44.3 cm³/mol. The van der Waals surface area contributed by atoms with Gasteiger partial charge in [-0.3, -0.25) is 0 Å². The van der Waals surface area contributed by atoms with Crippen LogP contribution in [0.4, 0.5) is 0 Å².